The molecule has 1 atom stereocenters. The van der Waals surface area contributed by atoms with Gasteiger partial charge in [-0.1, -0.05) is 63.7 Å². The van der Waals surface area contributed by atoms with Crippen LogP contribution in [0.4, 0.5) is 0 Å². The quantitative estimate of drug-likeness (QED) is 0.467. The van der Waals surface area contributed by atoms with E-state index in [0.717, 1.165) is 43.0 Å². The predicted molar refractivity (Wildman–Crippen MR) is 94.8 cm³/mol. The van der Waals surface area contributed by atoms with Gasteiger partial charge in [-0.2, -0.15) is 0 Å². The van der Waals surface area contributed by atoms with E-state index >= 15 is 0 Å². The number of nitrogens with zero attached hydrogens (tertiary/aromatic N) is 1. The highest BCUT2D eigenvalue weighted by Crippen LogP contribution is 2.38. The summed E-state index contributed by atoms with van der Waals surface area (Å²) in [4.78, 5) is 4.06. The lowest BCUT2D eigenvalue weighted by molar-refractivity contribution is 0.176. The molecule has 0 aliphatic carbocycles. The first-order chi connectivity index (χ1) is 10.0. The van der Waals surface area contributed by atoms with Crippen LogP contribution >= 0.6 is 23.2 Å². The maximum Gasteiger partial charge on any atom is 0.192 e. The molecule has 0 aromatic carbocycles. The van der Waals surface area contributed by atoms with Crippen molar-refractivity contribution in [2.45, 2.75) is 71.2 Å². The Morgan fingerprint density at radius 1 is 1.05 bits per heavy atom. The minimum absolute atomic E-state index is 0.000494. The fraction of sp³-hybridized carbons (Fsp3) is 0.688. The molecule has 1 aromatic heterocycles. The van der Waals surface area contributed by atoms with Crippen molar-refractivity contribution in [2.75, 3.05) is 0 Å². The summed E-state index contributed by atoms with van der Waals surface area (Å²) in [5, 5.41) is 1.24. The molecular weight excluding hydrogens is 321 g/mol. The largest absolute Gasteiger partial charge is 0.410 e. The lowest BCUT2D eigenvalue weighted by Gasteiger charge is -2.34. The summed E-state index contributed by atoms with van der Waals surface area (Å²) in [7, 11) is -1.70. The van der Waals surface area contributed by atoms with Crippen LogP contribution in [0.15, 0.2) is 12.4 Å². The van der Waals surface area contributed by atoms with E-state index in [2.05, 4.69) is 32.7 Å². The van der Waals surface area contributed by atoms with Crippen LogP contribution in [0.1, 0.15) is 58.6 Å². The number of pyridine rings is 1. The van der Waals surface area contributed by atoms with Crippen molar-refractivity contribution in [2.24, 2.45) is 0 Å². The van der Waals surface area contributed by atoms with Crippen LogP contribution in [0.2, 0.25) is 28.2 Å². The summed E-state index contributed by atoms with van der Waals surface area (Å²) in [6.45, 7) is 8.92. The van der Waals surface area contributed by atoms with Crippen LogP contribution in [-0.4, -0.2) is 13.3 Å². The van der Waals surface area contributed by atoms with Gasteiger partial charge in [0.05, 0.1) is 16.1 Å². The van der Waals surface area contributed by atoms with E-state index in [1.807, 2.05) is 0 Å². The molecule has 0 bridgehead atoms. The zero-order valence-electron chi connectivity index (χ0n) is 13.6. The topological polar surface area (TPSA) is 22.1 Å². The summed E-state index contributed by atoms with van der Waals surface area (Å²) in [5.74, 6) is 0. The fourth-order valence-electron chi connectivity index (χ4n) is 2.68. The zero-order valence-corrected chi connectivity index (χ0v) is 16.1. The van der Waals surface area contributed by atoms with Crippen LogP contribution in [0.3, 0.4) is 0 Å². The molecule has 120 valence electrons. The van der Waals surface area contributed by atoms with Gasteiger partial charge >= 0.3 is 0 Å². The molecule has 0 aliphatic heterocycles. The van der Waals surface area contributed by atoms with Gasteiger partial charge in [-0.05, 0) is 24.6 Å². The lowest BCUT2D eigenvalue weighted by Crippen LogP contribution is -2.37. The van der Waals surface area contributed by atoms with E-state index in [9.17, 15) is 0 Å². The molecule has 0 amide bonds. The minimum Gasteiger partial charge on any atom is -0.410 e. The van der Waals surface area contributed by atoms with Crippen LogP contribution < -0.4 is 0 Å². The lowest BCUT2D eigenvalue weighted by atomic mass is 10.1. The Hall–Kier alpha value is -0.0931. The summed E-state index contributed by atoms with van der Waals surface area (Å²) in [6.07, 6.45) is 6.55. The van der Waals surface area contributed by atoms with Crippen molar-refractivity contribution >= 4 is 31.5 Å². The highest BCUT2D eigenvalue weighted by molar-refractivity contribution is 6.73. The Labute approximate surface area is 140 Å². The predicted octanol–water partition coefficient (Wildman–Crippen LogP) is 6.64. The van der Waals surface area contributed by atoms with Crippen molar-refractivity contribution in [3.63, 3.8) is 0 Å². The van der Waals surface area contributed by atoms with Gasteiger partial charge in [-0.15, -0.1) is 0 Å². The summed E-state index contributed by atoms with van der Waals surface area (Å²) < 4.78 is 6.68. The van der Waals surface area contributed by atoms with Crippen LogP contribution in [0, 0.1) is 0 Å². The maximum absolute atomic E-state index is 6.68. The maximum atomic E-state index is 6.68. The van der Waals surface area contributed by atoms with E-state index in [-0.39, 0.29) is 6.10 Å². The third-order valence-corrected chi connectivity index (χ3v) is 9.61. The molecule has 0 spiro atoms. The van der Waals surface area contributed by atoms with Crippen molar-refractivity contribution in [3.05, 3.63) is 28.0 Å². The highest BCUT2D eigenvalue weighted by atomic mass is 35.5. The van der Waals surface area contributed by atoms with Gasteiger partial charge in [0.15, 0.2) is 8.32 Å². The Morgan fingerprint density at radius 3 is 2.00 bits per heavy atom. The molecule has 0 radical (unpaired) electrons. The second-order valence-corrected chi connectivity index (χ2v) is 11.0. The van der Waals surface area contributed by atoms with Crippen molar-refractivity contribution < 1.29 is 4.43 Å². The molecular formula is C16H27Cl2NOSi. The number of aromatic nitrogens is 1. The average molecular weight is 348 g/mol. The van der Waals surface area contributed by atoms with Crippen molar-refractivity contribution in [1.29, 1.82) is 0 Å². The fourth-order valence-corrected chi connectivity index (χ4v) is 6.13. The summed E-state index contributed by atoms with van der Waals surface area (Å²) in [6, 6.07) is 3.38. The van der Waals surface area contributed by atoms with E-state index in [0.29, 0.717) is 10.0 Å². The molecule has 0 aliphatic rings. The first-order valence-electron chi connectivity index (χ1n) is 8.00. The molecule has 0 saturated carbocycles. The second-order valence-electron chi connectivity index (χ2n) is 5.51. The number of hydrogen-bond donors (Lipinski definition) is 0. The van der Waals surface area contributed by atoms with Crippen molar-refractivity contribution in [3.8, 4) is 0 Å². The Kier molecular flexibility index (Phi) is 8.25. The van der Waals surface area contributed by atoms with Gasteiger partial charge in [0.1, 0.15) is 0 Å². The van der Waals surface area contributed by atoms with Crippen LogP contribution in [-0.2, 0) is 4.43 Å². The van der Waals surface area contributed by atoms with E-state index in [1.165, 1.54) is 0 Å². The molecule has 21 heavy (non-hydrogen) atoms. The van der Waals surface area contributed by atoms with E-state index in [4.69, 9.17) is 27.6 Å². The number of rotatable bonds is 9. The zero-order chi connectivity index (χ0) is 15.9. The van der Waals surface area contributed by atoms with Crippen LogP contribution in [0.5, 0.6) is 0 Å². The molecule has 5 heteroatoms. The number of hydrogen-bond acceptors (Lipinski definition) is 2. The third kappa shape index (κ3) is 4.95. The average Bonchev–Trinajstić information content (AvgIpc) is 2.49. The Bertz CT molecular complexity index is 410. The molecule has 0 saturated heterocycles. The van der Waals surface area contributed by atoms with Gasteiger partial charge in [0, 0.05) is 18.0 Å². The number of halogens is 2. The molecule has 1 rings (SSSR count). The molecule has 2 nitrogen and oxygen atoms in total. The van der Waals surface area contributed by atoms with Gasteiger partial charge in [0.25, 0.3) is 0 Å². The first-order valence-corrected chi connectivity index (χ1v) is 11.3. The Balaban J connectivity index is 3.11. The molecule has 0 fully saturated rings. The second kappa shape index (κ2) is 9.14. The van der Waals surface area contributed by atoms with Gasteiger partial charge in [-0.3, -0.25) is 4.98 Å². The first kappa shape index (κ1) is 19.0. The standard InChI is InChI=1S/C16H27Cl2NOSi/c1-5-9-10-15(20-21(6-2,7-3)8-4)16-13(17)11-19-12-14(16)18/h11-12,15H,5-10H2,1-4H3. The molecule has 1 aromatic rings. The third-order valence-electron chi connectivity index (χ3n) is 4.36. The molecule has 1 unspecified atom stereocenters. The number of unbranched alkanes of at least 4 members (excludes halogenated alkanes) is 1. The van der Waals surface area contributed by atoms with Gasteiger partial charge in [0.2, 0.25) is 0 Å². The van der Waals surface area contributed by atoms with E-state index < -0.39 is 8.32 Å². The van der Waals surface area contributed by atoms with Crippen LogP contribution in [0.25, 0.3) is 0 Å². The minimum atomic E-state index is -1.70. The SMILES string of the molecule is CCCCC(O[Si](CC)(CC)CC)c1c(Cl)cncc1Cl. The van der Waals surface area contributed by atoms with E-state index in [1.54, 1.807) is 12.4 Å². The monoisotopic (exact) mass is 347 g/mol. The Morgan fingerprint density at radius 2 is 1.57 bits per heavy atom. The van der Waals surface area contributed by atoms with Gasteiger partial charge in [-0.25, -0.2) is 0 Å². The normalized spacial score (nSPS) is 13.4. The molecule has 1 heterocycles. The molecule has 0 N–H and O–H groups in total. The highest BCUT2D eigenvalue weighted by Gasteiger charge is 2.33. The smallest absolute Gasteiger partial charge is 0.192 e. The van der Waals surface area contributed by atoms with Crippen molar-refractivity contribution in [1.82, 2.24) is 4.98 Å². The van der Waals surface area contributed by atoms with Gasteiger partial charge < -0.3 is 4.43 Å². The summed E-state index contributed by atoms with van der Waals surface area (Å²) >= 11 is 12.7. The summed E-state index contributed by atoms with van der Waals surface area (Å²) in [5.41, 5.74) is 0.925.